The van der Waals surface area contributed by atoms with Gasteiger partial charge in [-0.3, -0.25) is 0 Å². The zero-order valence-electron chi connectivity index (χ0n) is 17.6. The molecule has 28 heavy (non-hydrogen) atoms. The number of hydrogen-bond acceptors (Lipinski definition) is 3. The van der Waals surface area contributed by atoms with E-state index < -0.39 is 0 Å². The van der Waals surface area contributed by atoms with E-state index in [1.54, 1.807) is 0 Å². The number of nitrogens with zero attached hydrogens (tertiary/aromatic N) is 4. The summed E-state index contributed by atoms with van der Waals surface area (Å²) in [6.07, 6.45) is 2.92. The molecule has 0 fully saturated rings. The van der Waals surface area contributed by atoms with Gasteiger partial charge in [0.2, 0.25) is 0 Å². The van der Waals surface area contributed by atoms with Gasteiger partial charge in [-0.15, -0.1) is 40.8 Å². The second-order valence-corrected chi connectivity index (χ2v) is 7.26. The first-order valence-corrected chi connectivity index (χ1v) is 9.50. The Balaban J connectivity index is 0.00000392. The van der Waals surface area contributed by atoms with Gasteiger partial charge in [0.15, 0.2) is 11.8 Å². The molecule has 0 bridgehead atoms. The number of rotatable bonds is 8. The van der Waals surface area contributed by atoms with Crippen LogP contribution in [0.15, 0.2) is 41.9 Å². The Hall–Kier alpha value is -1.90. The molecule has 6 nitrogen and oxygen atoms in total. The van der Waals surface area contributed by atoms with Crippen LogP contribution in [0.4, 0.5) is 0 Å². The molecule has 2 aromatic rings. The van der Waals surface area contributed by atoms with Crippen LogP contribution in [0.25, 0.3) is 0 Å². The lowest BCUT2D eigenvalue weighted by molar-refractivity contribution is 0.645. The quantitative estimate of drug-likeness (QED) is 0.252. The highest BCUT2D eigenvalue weighted by Gasteiger charge is 2.10. The molecule has 0 aliphatic carbocycles. The molecule has 7 heteroatoms. The summed E-state index contributed by atoms with van der Waals surface area (Å²) in [6, 6.07) is 8.93. The minimum absolute atomic E-state index is 0. The average molecular weight is 496 g/mol. The van der Waals surface area contributed by atoms with Crippen molar-refractivity contribution in [2.45, 2.75) is 46.7 Å². The van der Waals surface area contributed by atoms with Crippen LogP contribution in [-0.4, -0.2) is 27.3 Å². The number of aliphatic imine (C=N–C) groups is 1. The fraction of sp³-hybridized carbons (Fsp3) is 0.476. The van der Waals surface area contributed by atoms with Crippen molar-refractivity contribution in [2.75, 3.05) is 6.54 Å². The van der Waals surface area contributed by atoms with Gasteiger partial charge >= 0.3 is 0 Å². The lowest BCUT2D eigenvalue weighted by Crippen LogP contribution is -2.39. The molecule has 0 aliphatic rings. The molecule has 0 saturated heterocycles. The van der Waals surface area contributed by atoms with Crippen LogP contribution in [0.2, 0.25) is 0 Å². The van der Waals surface area contributed by atoms with Gasteiger partial charge in [0.1, 0.15) is 12.4 Å². The molecule has 2 rings (SSSR count). The molecule has 1 atom stereocenters. The molecular formula is C21H33IN6. The summed E-state index contributed by atoms with van der Waals surface area (Å²) < 4.78 is 1.95. The van der Waals surface area contributed by atoms with Gasteiger partial charge in [-0.1, -0.05) is 44.2 Å². The van der Waals surface area contributed by atoms with Gasteiger partial charge in [0.25, 0.3) is 0 Å². The summed E-state index contributed by atoms with van der Waals surface area (Å²) in [5, 5.41) is 15.0. The van der Waals surface area contributed by atoms with E-state index in [2.05, 4.69) is 77.4 Å². The molecule has 0 saturated carbocycles. The first-order valence-electron chi connectivity index (χ1n) is 9.50. The third kappa shape index (κ3) is 7.26. The summed E-state index contributed by atoms with van der Waals surface area (Å²) in [5.41, 5.74) is 2.60. The van der Waals surface area contributed by atoms with Crippen molar-refractivity contribution in [3.8, 4) is 0 Å². The number of halogens is 1. The topological polar surface area (TPSA) is 67.1 Å². The number of aromatic nitrogens is 3. The number of guanidine groups is 1. The zero-order chi connectivity index (χ0) is 19.8. The van der Waals surface area contributed by atoms with Crippen molar-refractivity contribution in [2.24, 2.45) is 18.0 Å². The number of hydrogen-bond donors (Lipinski definition) is 2. The van der Waals surface area contributed by atoms with Crippen molar-refractivity contribution >= 4 is 29.9 Å². The Kier molecular flexibility index (Phi) is 10.2. The largest absolute Gasteiger partial charge is 0.353 e. The van der Waals surface area contributed by atoms with E-state index >= 15 is 0 Å². The van der Waals surface area contributed by atoms with Gasteiger partial charge in [0, 0.05) is 13.6 Å². The van der Waals surface area contributed by atoms with Crippen molar-refractivity contribution in [3.05, 3.63) is 59.7 Å². The van der Waals surface area contributed by atoms with Crippen molar-refractivity contribution in [3.63, 3.8) is 0 Å². The highest BCUT2D eigenvalue weighted by Crippen LogP contribution is 2.15. The number of nitrogens with one attached hydrogen (secondary N) is 2. The normalized spacial score (nSPS) is 12.4. The molecule has 0 spiro atoms. The van der Waals surface area contributed by atoms with Crippen LogP contribution in [0, 0.1) is 12.8 Å². The second-order valence-electron chi connectivity index (χ2n) is 7.26. The summed E-state index contributed by atoms with van der Waals surface area (Å²) in [4.78, 5) is 4.65. The van der Waals surface area contributed by atoms with Crippen molar-refractivity contribution in [1.29, 1.82) is 0 Å². The molecule has 154 valence electrons. The standard InChI is InChI=1S/C21H32N6.HI/c1-7-12-22-21(23-14-20-26-25-17(5)27(20)6)24-16(4)19-10-8-18(9-11-19)13-15(2)3;/h7-11,15-16H,1,12-14H2,2-6H3,(H2,22,23,24);1H. The van der Waals surface area contributed by atoms with E-state index in [0.29, 0.717) is 19.0 Å². The van der Waals surface area contributed by atoms with E-state index in [9.17, 15) is 0 Å². The third-order valence-electron chi connectivity index (χ3n) is 4.45. The maximum absolute atomic E-state index is 4.65. The van der Waals surface area contributed by atoms with Gasteiger partial charge in [0.05, 0.1) is 6.04 Å². The SMILES string of the molecule is C=CCNC(=NCc1nnc(C)n1C)NC(C)c1ccc(CC(C)C)cc1.I. The minimum Gasteiger partial charge on any atom is -0.353 e. The first kappa shape index (κ1) is 24.1. The van der Waals surface area contributed by atoms with Crippen LogP contribution >= 0.6 is 24.0 Å². The smallest absolute Gasteiger partial charge is 0.192 e. The Morgan fingerprint density at radius 1 is 1.21 bits per heavy atom. The highest BCUT2D eigenvalue weighted by molar-refractivity contribution is 14.0. The van der Waals surface area contributed by atoms with E-state index in [0.717, 1.165) is 24.0 Å². The molecule has 0 amide bonds. The van der Waals surface area contributed by atoms with E-state index in [1.807, 2.05) is 24.6 Å². The third-order valence-corrected chi connectivity index (χ3v) is 4.45. The van der Waals surface area contributed by atoms with Gasteiger partial charge in [-0.2, -0.15) is 0 Å². The van der Waals surface area contributed by atoms with E-state index in [4.69, 9.17) is 0 Å². The van der Waals surface area contributed by atoms with Gasteiger partial charge < -0.3 is 15.2 Å². The summed E-state index contributed by atoms with van der Waals surface area (Å²) >= 11 is 0. The summed E-state index contributed by atoms with van der Waals surface area (Å²) in [7, 11) is 1.95. The molecule has 1 unspecified atom stereocenters. The lowest BCUT2D eigenvalue weighted by Gasteiger charge is -2.18. The van der Waals surface area contributed by atoms with Crippen LogP contribution in [0.1, 0.15) is 49.6 Å². The Morgan fingerprint density at radius 2 is 1.89 bits per heavy atom. The molecule has 0 aliphatic heterocycles. The molecule has 2 N–H and O–H groups in total. The van der Waals surface area contributed by atoms with E-state index in [-0.39, 0.29) is 30.0 Å². The monoisotopic (exact) mass is 496 g/mol. The van der Waals surface area contributed by atoms with Gasteiger partial charge in [-0.25, -0.2) is 4.99 Å². The Bertz CT molecular complexity index is 764. The number of aryl methyl sites for hydroxylation is 1. The van der Waals surface area contributed by atoms with Crippen LogP contribution in [0.5, 0.6) is 0 Å². The van der Waals surface area contributed by atoms with Crippen LogP contribution in [0.3, 0.4) is 0 Å². The fourth-order valence-electron chi connectivity index (χ4n) is 2.76. The fourth-order valence-corrected chi connectivity index (χ4v) is 2.76. The molecule has 1 aromatic carbocycles. The summed E-state index contributed by atoms with van der Waals surface area (Å²) in [5.74, 6) is 3.10. The molecule has 1 heterocycles. The predicted molar refractivity (Wildman–Crippen MR) is 127 cm³/mol. The van der Waals surface area contributed by atoms with Gasteiger partial charge in [-0.05, 0) is 37.3 Å². The average Bonchev–Trinajstić information content (AvgIpc) is 2.96. The van der Waals surface area contributed by atoms with Crippen molar-refractivity contribution < 1.29 is 0 Å². The van der Waals surface area contributed by atoms with Crippen LogP contribution in [-0.2, 0) is 20.0 Å². The predicted octanol–water partition coefficient (Wildman–Crippen LogP) is 3.92. The minimum atomic E-state index is 0. The first-order chi connectivity index (χ1) is 12.9. The Morgan fingerprint density at radius 3 is 2.43 bits per heavy atom. The highest BCUT2D eigenvalue weighted by atomic mass is 127. The second kappa shape index (κ2) is 11.8. The maximum Gasteiger partial charge on any atom is 0.192 e. The molecule has 1 aromatic heterocycles. The number of benzene rings is 1. The van der Waals surface area contributed by atoms with E-state index in [1.165, 1.54) is 11.1 Å². The lowest BCUT2D eigenvalue weighted by atomic mass is 10.00. The van der Waals surface area contributed by atoms with Crippen molar-refractivity contribution in [1.82, 2.24) is 25.4 Å². The summed E-state index contributed by atoms with van der Waals surface area (Å²) in [6.45, 7) is 13.4. The Labute approximate surface area is 186 Å². The zero-order valence-corrected chi connectivity index (χ0v) is 19.9. The molecular weight excluding hydrogens is 463 g/mol. The molecule has 0 radical (unpaired) electrons. The maximum atomic E-state index is 4.65. The van der Waals surface area contributed by atoms with Crippen LogP contribution < -0.4 is 10.6 Å².